The van der Waals surface area contributed by atoms with Gasteiger partial charge in [-0.05, 0) is 64.0 Å². The summed E-state index contributed by atoms with van der Waals surface area (Å²) in [6.07, 6.45) is 1.04. The molecule has 0 aliphatic carbocycles. The molecule has 0 bridgehead atoms. The first-order valence-electron chi connectivity index (χ1n) is 20.4. The summed E-state index contributed by atoms with van der Waals surface area (Å²) in [6.45, 7) is 19.3. The van der Waals surface area contributed by atoms with Crippen LogP contribution in [0.25, 0.3) is 0 Å². The molecule has 13 nitrogen and oxygen atoms in total. The zero-order valence-corrected chi connectivity index (χ0v) is 36.6. The molecule has 1 aliphatic rings. The van der Waals surface area contributed by atoms with Crippen molar-refractivity contribution >= 4 is 29.6 Å². The molecule has 9 atom stereocenters. The van der Waals surface area contributed by atoms with Gasteiger partial charge in [0.05, 0.1) is 42.7 Å². The van der Waals surface area contributed by atoms with Gasteiger partial charge in [0.25, 0.3) is 0 Å². The van der Waals surface area contributed by atoms with Gasteiger partial charge in [-0.1, -0.05) is 85.2 Å². The van der Waals surface area contributed by atoms with Crippen molar-refractivity contribution in [3.05, 3.63) is 35.9 Å². The third-order valence-corrected chi connectivity index (χ3v) is 11.0. The van der Waals surface area contributed by atoms with E-state index in [4.69, 9.17) is 14.2 Å². The maximum atomic E-state index is 14.3. The number of carbonyl (C=O) groups is 5. The van der Waals surface area contributed by atoms with Crippen LogP contribution in [0.3, 0.4) is 0 Å². The number of likely N-dealkylation sites (tertiary alicyclic amines) is 1. The van der Waals surface area contributed by atoms with E-state index in [-0.39, 0.29) is 54.2 Å². The Hall–Kier alpha value is -3.55. The van der Waals surface area contributed by atoms with Crippen molar-refractivity contribution in [2.24, 2.45) is 23.7 Å². The number of hydrogen-bond acceptors (Lipinski definition) is 9. The second-order valence-electron chi connectivity index (χ2n) is 17.1. The maximum Gasteiger partial charge on any atom is 0.329 e. The van der Waals surface area contributed by atoms with E-state index in [0.717, 1.165) is 18.4 Å². The van der Waals surface area contributed by atoms with E-state index < -0.39 is 59.9 Å². The fourth-order valence-electron chi connectivity index (χ4n) is 7.77. The molecule has 1 saturated heterocycles. The number of nitrogens with zero attached hydrogens (tertiary/aromatic N) is 2. The van der Waals surface area contributed by atoms with E-state index in [0.29, 0.717) is 13.0 Å². The third kappa shape index (κ3) is 13.5. The van der Waals surface area contributed by atoms with Crippen molar-refractivity contribution in [3.63, 3.8) is 0 Å². The number of likely N-dealkylation sites (N-methyl/N-ethyl adjacent to an activating group) is 2. The van der Waals surface area contributed by atoms with Crippen LogP contribution in [-0.4, -0.2) is 122 Å². The lowest BCUT2D eigenvalue weighted by molar-refractivity contribution is -0.159. The number of benzene rings is 1. The summed E-state index contributed by atoms with van der Waals surface area (Å²) in [5.74, 6) is -2.48. The zero-order chi connectivity index (χ0) is 42.5. The van der Waals surface area contributed by atoms with Gasteiger partial charge >= 0.3 is 5.97 Å². The van der Waals surface area contributed by atoms with Crippen LogP contribution in [0.2, 0.25) is 0 Å². The molecule has 1 aromatic carbocycles. The maximum absolute atomic E-state index is 14.3. The van der Waals surface area contributed by atoms with E-state index in [9.17, 15) is 24.0 Å². The van der Waals surface area contributed by atoms with E-state index in [1.54, 1.807) is 58.7 Å². The summed E-state index contributed by atoms with van der Waals surface area (Å²) in [6, 6.07) is 6.42. The molecule has 3 N–H and O–H groups in total. The summed E-state index contributed by atoms with van der Waals surface area (Å²) in [5, 5.41) is 8.96. The highest BCUT2D eigenvalue weighted by molar-refractivity contribution is 5.90. The molecule has 1 aliphatic heterocycles. The predicted octanol–water partition coefficient (Wildman–Crippen LogP) is 4.36. The molecule has 0 radical (unpaired) electrons. The monoisotopic (exact) mass is 788 g/mol. The predicted molar refractivity (Wildman–Crippen MR) is 218 cm³/mol. The highest BCUT2D eigenvalue weighted by Gasteiger charge is 2.43. The average molecular weight is 788 g/mol. The van der Waals surface area contributed by atoms with Crippen molar-refractivity contribution in [3.8, 4) is 0 Å². The molecular formula is C43H73N5O8. The van der Waals surface area contributed by atoms with Crippen LogP contribution < -0.4 is 16.0 Å². The highest BCUT2D eigenvalue weighted by atomic mass is 16.6. The van der Waals surface area contributed by atoms with Gasteiger partial charge in [0, 0.05) is 34.2 Å². The number of amides is 4. The number of rotatable bonds is 21. The van der Waals surface area contributed by atoms with Gasteiger partial charge in [-0.15, -0.1) is 0 Å². The molecular weight excluding hydrogens is 714 g/mol. The number of methoxy groups -OCH3 is 2. The van der Waals surface area contributed by atoms with Crippen LogP contribution in [0.1, 0.15) is 100 Å². The van der Waals surface area contributed by atoms with Gasteiger partial charge in [0.1, 0.15) is 17.7 Å². The first-order valence-corrected chi connectivity index (χ1v) is 20.4. The van der Waals surface area contributed by atoms with Crippen LogP contribution in [0.5, 0.6) is 0 Å². The summed E-state index contributed by atoms with van der Waals surface area (Å²) in [5.41, 5.74) is 0.134. The largest absolute Gasteiger partial charge is 0.458 e. The second kappa shape index (κ2) is 22.4. The van der Waals surface area contributed by atoms with E-state index in [1.165, 1.54) is 7.11 Å². The highest BCUT2D eigenvalue weighted by Crippen LogP contribution is 2.30. The summed E-state index contributed by atoms with van der Waals surface area (Å²) in [7, 11) is 6.53. The number of nitrogens with one attached hydrogen (secondary N) is 3. The molecule has 2 rings (SSSR count). The Morgan fingerprint density at radius 3 is 2.00 bits per heavy atom. The van der Waals surface area contributed by atoms with Gasteiger partial charge < -0.3 is 40.0 Å². The van der Waals surface area contributed by atoms with Gasteiger partial charge in [-0.2, -0.15) is 0 Å². The smallest absolute Gasteiger partial charge is 0.329 e. The van der Waals surface area contributed by atoms with Crippen molar-refractivity contribution in [1.82, 2.24) is 25.8 Å². The number of esters is 1. The van der Waals surface area contributed by atoms with Crippen LogP contribution in [-0.2, 0) is 44.6 Å². The molecule has 4 amide bonds. The molecule has 0 spiro atoms. The molecule has 1 aromatic rings. The van der Waals surface area contributed by atoms with Crippen molar-refractivity contribution < 1.29 is 38.2 Å². The summed E-state index contributed by atoms with van der Waals surface area (Å²) >= 11 is 0. The van der Waals surface area contributed by atoms with Gasteiger partial charge in [-0.3, -0.25) is 19.2 Å². The number of ether oxygens (including phenoxy) is 3. The fourth-order valence-corrected chi connectivity index (χ4v) is 7.77. The van der Waals surface area contributed by atoms with E-state index in [2.05, 4.69) is 16.0 Å². The van der Waals surface area contributed by atoms with Crippen LogP contribution in [0.4, 0.5) is 0 Å². The topological polar surface area (TPSA) is 156 Å². The molecule has 0 aromatic heterocycles. The Kier molecular flexibility index (Phi) is 19.4. The Bertz CT molecular complexity index is 1420. The average Bonchev–Trinajstić information content (AvgIpc) is 3.62. The van der Waals surface area contributed by atoms with Gasteiger partial charge in [-0.25, -0.2) is 4.79 Å². The van der Waals surface area contributed by atoms with Crippen molar-refractivity contribution in [2.45, 2.75) is 149 Å². The minimum absolute atomic E-state index is 0.00230. The first-order chi connectivity index (χ1) is 26.2. The zero-order valence-electron chi connectivity index (χ0n) is 36.6. The lowest BCUT2D eigenvalue weighted by Gasteiger charge is -2.41. The minimum atomic E-state index is -0.923. The van der Waals surface area contributed by atoms with Gasteiger partial charge in [0.2, 0.25) is 23.6 Å². The molecule has 318 valence electrons. The van der Waals surface area contributed by atoms with Crippen molar-refractivity contribution in [2.75, 3.05) is 34.9 Å². The Labute approximate surface area is 336 Å². The third-order valence-electron chi connectivity index (χ3n) is 11.0. The lowest BCUT2D eigenvalue weighted by Crippen LogP contribution is -2.59. The van der Waals surface area contributed by atoms with Gasteiger partial charge in [0.15, 0.2) is 0 Å². The van der Waals surface area contributed by atoms with Crippen LogP contribution in [0.15, 0.2) is 30.3 Å². The molecule has 1 fully saturated rings. The van der Waals surface area contributed by atoms with Crippen LogP contribution in [0, 0.1) is 23.7 Å². The second-order valence-corrected chi connectivity index (χ2v) is 17.1. The normalized spacial score (nSPS) is 19.0. The Morgan fingerprint density at radius 1 is 0.893 bits per heavy atom. The molecule has 56 heavy (non-hydrogen) atoms. The molecule has 1 unspecified atom stereocenters. The first kappa shape index (κ1) is 48.6. The lowest BCUT2D eigenvalue weighted by atomic mass is 9.89. The number of carbonyl (C=O) groups excluding carboxylic acids is 5. The minimum Gasteiger partial charge on any atom is -0.458 e. The Morgan fingerprint density at radius 2 is 1.50 bits per heavy atom. The Balaban J connectivity index is 2.31. The fraction of sp³-hybridized carbons (Fsp3) is 0.744. The molecule has 1 heterocycles. The molecule has 13 heteroatoms. The quantitative estimate of drug-likeness (QED) is 0.154. The molecule has 0 saturated carbocycles. The van der Waals surface area contributed by atoms with Crippen LogP contribution >= 0.6 is 0 Å². The standard InChI is InChI=1S/C43H73N5O8/c1-15-28(6)37(47(12)41(52)36(27(4)5)46-40(51)35(44-11)26(2)3)33(54-13)25-34(49)48-23-19-22-32(48)38(55-14)29(7)39(50)45-31(42(53)56-43(8,9)10)24-30-20-17-16-18-21-30/h16-18,20-21,26-29,31-33,35-38,44H,15,19,22-25H2,1-14H3,(H,45,50)(H,46,51)/t28-,29+,31-,32-,33?,35-,36-,37-,38+/m0/s1. The summed E-state index contributed by atoms with van der Waals surface area (Å²) < 4.78 is 17.7. The SMILES string of the molecule is CC[C@H](C)[C@@H](C(CC(=O)N1CCC[C@H]1[C@H](OC)[C@@H](C)C(=O)N[C@@H](Cc1ccccc1)C(=O)OC(C)(C)C)OC)N(C)C(=O)[C@@H](NC(=O)[C@@H](NC)C(C)C)C(C)C. The van der Waals surface area contributed by atoms with Crippen molar-refractivity contribution in [1.29, 1.82) is 0 Å². The van der Waals surface area contributed by atoms with E-state index >= 15 is 0 Å². The van der Waals surface area contributed by atoms with E-state index in [1.807, 2.05) is 71.9 Å². The summed E-state index contributed by atoms with van der Waals surface area (Å²) in [4.78, 5) is 72.3. The number of hydrogen-bond donors (Lipinski definition) is 3.